The fourth-order valence-corrected chi connectivity index (χ4v) is 1.23. The van der Waals surface area contributed by atoms with Crippen LogP contribution in [-0.4, -0.2) is 7.05 Å². The summed E-state index contributed by atoms with van der Waals surface area (Å²) in [4.78, 5) is 0. The second-order valence-corrected chi connectivity index (χ2v) is 4.26. The van der Waals surface area contributed by atoms with Crippen LogP contribution < -0.4 is 5.32 Å². The molecular weight excluding hydrogens is 146 g/mol. The van der Waals surface area contributed by atoms with Crippen LogP contribution in [0.2, 0.25) is 0 Å². The summed E-state index contributed by atoms with van der Waals surface area (Å²) >= 11 is 0. The van der Waals surface area contributed by atoms with Crippen LogP contribution in [-0.2, 0) is 0 Å². The highest BCUT2D eigenvalue weighted by molar-refractivity contribution is 5.07. The zero-order valence-electron chi connectivity index (χ0n) is 9.20. The second kappa shape index (κ2) is 5.23. The molecule has 0 heterocycles. The third kappa shape index (κ3) is 4.42. The van der Waals surface area contributed by atoms with Crippen LogP contribution in [0.25, 0.3) is 0 Å². The average molecular weight is 169 g/mol. The number of allylic oxidation sites excluding steroid dienone is 2. The predicted octanol–water partition coefficient (Wildman–Crippen LogP) is 3.33. The van der Waals surface area contributed by atoms with Gasteiger partial charge in [-0.1, -0.05) is 46.6 Å². The van der Waals surface area contributed by atoms with E-state index in [1.807, 2.05) is 7.05 Å². The number of hydrogen-bond donors (Lipinski definition) is 1. The van der Waals surface area contributed by atoms with Crippen LogP contribution in [0, 0.1) is 5.41 Å². The van der Waals surface area contributed by atoms with E-state index in [1.165, 1.54) is 25.0 Å². The number of hydrogen-bond acceptors (Lipinski definition) is 1. The minimum atomic E-state index is 0.266. The fraction of sp³-hybridized carbons (Fsp3) is 0.818. The number of rotatable bonds is 4. The van der Waals surface area contributed by atoms with Crippen molar-refractivity contribution in [3.63, 3.8) is 0 Å². The molecule has 1 heteroatoms. The first-order chi connectivity index (χ1) is 5.52. The van der Waals surface area contributed by atoms with Gasteiger partial charge in [0, 0.05) is 18.2 Å². The van der Waals surface area contributed by atoms with E-state index in [-0.39, 0.29) is 5.41 Å². The monoisotopic (exact) mass is 169 g/mol. The van der Waals surface area contributed by atoms with Crippen LogP contribution >= 0.6 is 0 Å². The first-order valence-corrected chi connectivity index (χ1v) is 4.90. The van der Waals surface area contributed by atoms with Crippen LogP contribution in [0.15, 0.2) is 11.8 Å². The van der Waals surface area contributed by atoms with Gasteiger partial charge in [0.2, 0.25) is 0 Å². The number of nitrogens with one attached hydrogen (secondary N) is 1. The van der Waals surface area contributed by atoms with Gasteiger partial charge in [-0.3, -0.25) is 0 Å². The van der Waals surface area contributed by atoms with Crippen molar-refractivity contribution in [3.05, 3.63) is 11.8 Å². The van der Waals surface area contributed by atoms with Gasteiger partial charge < -0.3 is 5.32 Å². The first-order valence-electron chi connectivity index (χ1n) is 4.90. The molecule has 0 aromatic carbocycles. The van der Waals surface area contributed by atoms with Crippen molar-refractivity contribution in [3.8, 4) is 0 Å². The van der Waals surface area contributed by atoms with E-state index in [0.717, 1.165) is 0 Å². The van der Waals surface area contributed by atoms with Crippen molar-refractivity contribution < 1.29 is 0 Å². The van der Waals surface area contributed by atoms with Gasteiger partial charge in [0.15, 0.2) is 0 Å². The summed E-state index contributed by atoms with van der Waals surface area (Å²) in [5.41, 5.74) is 1.62. The molecule has 0 spiro atoms. The van der Waals surface area contributed by atoms with Crippen molar-refractivity contribution in [2.24, 2.45) is 5.41 Å². The van der Waals surface area contributed by atoms with Crippen molar-refractivity contribution in [2.45, 2.75) is 47.0 Å². The Bertz CT molecular complexity index is 140. The molecule has 0 rings (SSSR count). The fourth-order valence-electron chi connectivity index (χ4n) is 1.23. The highest BCUT2D eigenvalue weighted by Crippen LogP contribution is 2.22. The van der Waals surface area contributed by atoms with Crippen LogP contribution in [0.5, 0.6) is 0 Å². The Morgan fingerprint density at radius 3 is 2.25 bits per heavy atom. The van der Waals surface area contributed by atoms with Crippen molar-refractivity contribution >= 4 is 0 Å². The van der Waals surface area contributed by atoms with Crippen molar-refractivity contribution in [1.82, 2.24) is 5.32 Å². The minimum absolute atomic E-state index is 0.266. The zero-order valence-corrected chi connectivity index (χ0v) is 9.20. The highest BCUT2D eigenvalue weighted by Gasteiger charge is 2.14. The molecule has 0 atom stereocenters. The van der Waals surface area contributed by atoms with Gasteiger partial charge in [-0.2, -0.15) is 0 Å². The van der Waals surface area contributed by atoms with Gasteiger partial charge in [-0.15, -0.1) is 0 Å². The third-order valence-corrected chi connectivity index (χ3v) is 1.98. The molecule has 0 aliphatic carbocycles. The Kier molecular flexibility index (Phi) is 5.03. The Balaban J connectivity index is 4.05. The SMILES string of the molecule is CCCC/C=C(\NC)C(C)(C)C. The van der Waals surface area contributed by atoms with Gasteiger partial charge >= 0.3 is 0 Å². The molecule has 0 aliphatic heterocycles. The Morgan fingerprint density at radius 1 is 1.33 bits per heavy atom. The molecule has 12 heavy (non-hydrogen) atoms. The molecule has 0 bridgehead atoms. The molecule has 0 radical (unpaired) electrons. The Hall–Kier alpha value is -0.460. The standard InChI is InChI=1S/C11H23N/c1-6-7-8-9-10(12-5)11(2,3)4/h9,12H,6-8H2,1-5H3/b10-9-. The van der Waals surface area contributed by atoms with E-state index >= 15 is 0 Å². The second-order valence-electron chi connectivity index (χ2n) is 4.26. The molecule has 1 nitrogen and oxygen atoms in total. The average Bonchev–Trinajstić information content (AvgIpc) is 1.95. The summed E-state index contributed by atoms with van der Waals surface area (Å²) in [5.74, 6) is 0. The lowest BCUT2D eigenvalue weighted by Crippen LogP contribution is -2.20. The van der Waals surface area contributed by atoms with E-state index in [2.05, 4.69) is 39.1 Å². The van der Waals surface area contributed by atoms with E-state index in [4.69, 9.17) is 0 Å². The molecule has 0 saturated carbocycles. The van der Waals surface area contributed by atoms with Crippen molar-refractivity contribution in [1.29, 1.82) is 0 Å². The Morgan fingerprint density at radius 2 is 1.92 bits per heavy atom. The lowest BCUT2D eigenvalue weighted by molar-refractivity contribution is 0.469. The van der Waals surface area contributed by atoms with Crippen LogP contribution in [0.1, 0.15) is 47.0 Å². The lowest BCUT2D eigenvalue weighted by Gasteiger charge is -2.22. The molecular formula is C11H23N. The first kappa shape index (κ1) is 11.5. The molecule has 72 valence electrons. The van der Waals surface area contributed by atoms with Gasteiger partial charge in [0.25, 0.3) is 0 Å². The van der Waals surface area contributed by atoms with Gasteiger partial charge in [-0.05, 0) is 6.42 Å². The van der Waals surface area contributed by atoms with E-state index in [1.54, 1.807) is 0 Å². The topological polar surface area (TPSA) is 12.0 Å². The molecule has 0 saturated heterocycles. The summed E-state index contributed by atoms with van der Waals surface area (Å²) < 4.78 is 0. The molecule has 0 unspecified atom stereocenters. The smallest absolute Gasteiger partial charge is 0.0118 e. The summed E-state index contributed by atoms with van der Waals surface area (Å²) in [6.07, 6.45) is 6.09. The molecule has 1 N–H and O–H groups in total. The van der Waals surface area contributed by atoms with Crippen molar-refractivity contribution in [2.75, 3.05) is 7.05 Å². The van der Waals surface area contributed by atoms with Gasteiger partial charge in [0.05, 0.1) is 0 Å². The maximum atomic E-state index is 3.26. The van der Waals surface area contributed by atoms with Crippen LogP contribution in [0.4, 0.5) is 0 Å². The summed E-state index contributed by atoms with van der Waals surface area (Å²) in [5, 5.41) is 3.26. The quantitative estimate of drug-likeness (QED) is 0.637. The van der Waals surface area contributed by atoms with Gasteiger partial charge in [-0.25, -0.2) is 0 Å². The largest absolute Gasteiger partial charge is 0.391 e. The molecule has 0 aliphatic rings. The summed E-state index contributed by atoms with van der Waals surface area (Å²) in [6.45, 7) is 8.94. The predicted molar refractivity (Wildman–Crippen MR) is 56.1 cm³/mol. The minimum Gasteiger partial charge on any atom is -0.391 e. The third-order valence-electron chi connectivity index (χ3n) is 1.98. The Labute approximate surface area is 77.2 Å². The summed E-state index contributed by atoms with van der Waals surface area (Å²) in [6, 6.07) is 0. The zero-order chi connectivity index (χ0) is 9.61. The van der Waals surface area contributed by atoms with E-state index < -0.39 is 0 Å². The molecule has 0 aromatic heterocycles. The number of unbranched alkanes of at least 4 members (excludes halogenated alkanes) is 2. The molecule has 0 fully saturated rings. The summed E-state index contributed by atoms with van der Waals surface area (Å²) in [7, 11) is 2.00. The normalized spacial score (nSPS) is 13.2. The highest BCUT2D eigenvalue weighted by atomic mass is 14.8. The maximum absolute atomic E-state index is 3.26. The van der Waals surface area contributed by atoms with Gasteiger partial charge in [0.1, 0.15) is 0 Å². The molecule has 0 amide bonds. The van der Waals surface area contributed by atoms with E-state index in [9.17, 15) is 0 Å². The van der Waals surface area contributed by atoms with Crippen LogP contribution in [0.3, 0.4) is 0 Å². The molecule has 0 aromatic rings. The van der Waals surface area contributed by atoms with E-state index in [0.29, 0.717) is 0 Å². The lowest BCUT2D eigenvalue weighted by atomic mass is 9.91. The maximum Gasteiger partial charge on any atom is 0.0118 e.